The van der Waals surface area contributed by atoms with Gasteiger partial charge in [0.2, 0.25) is 5.91 Å². The number of esters is 1. The van der Waals surface area contributed by atoms with Crippen LogP contribution < -0.4 is 5.32 Å². The van der Waals surface area contributed by atoms with Crippen LogP contribution in [0.5, 0.6) is 0 Å². The number of aliphatic hydroxyl groups is 2. The number of anilines is 1. The van der Waals surface area contributed by atoms with E-state index in [-0.39, 0.29) is 47.8 Å². The van der Waals surface area contributed by atoms with Gasteiger partial charge in [0, 0.05) is 76.3 Å². The fourth-order valence-electron chi connectivity index (χ4n) is 11.6. The Morgan fingerprint density at radius 3 is 2.50 bits per heavy atom. The molecule has 1 aliphatic heterocycles. The molecule has 7 bridgehead atoms. The summed E-state index contributed by atoms with van der Waals surface area (Å²) >= 11 is 0. The zero-order valence-corrected chi connectivity index (χ0v) is 25.2. The summed E-state index contributed by atoms with van der Waals surface area (Å²) in [5.74, 6) is -1.54. The molecule has 10 nitrogen and oxygen atoms in total. The maximum Gasteiger partial charge on any atom is 0.340 e. The molecule has 1 saturated heterocycles. The molecule has 1 amide bonds. The predicted molar refractivity (Wildman–Crippen MR) is 152 cm³/mol. The molecule has 0 radical (unpaired) electrons. The number of amides is 1. The number of nitrogens with one attached hydrogen (secondary N) is 1. The van der Waals surface area contributed by atoms with E-state index in [1.807, 2.05) is 0 Å². The lowest BCUT2D eigenvalue weighted by Gasteiger charge is -2.70. The summed E-state index contributed by atoms with van der Waals surface area (Å²) in [4.78, 5) is 28.3. The molecule has 7 rings (SSSR count). The third kappa shape index (κ3) is 3.21. The number of carbonyl (C=O) groups excluding carboxylic acids is 2. The maximum absolute atomic E-state index is 14.0. The van der Waals surface area contributed by atoms with Gasteiger partial charge in [-0.25, -0.2) is 4.79 Å². The van der Waals surface area contributed by atoms with Gasteiger partial charge in [0.25, 0.3) is 0 Å². The van der Waals surface area contributed by atoms with Gasteiger partial charge in [-0.3, -0.25) is 9.69 Å². The third-order valence-corrected chi connectivity index (χ3v) is 12.6. The minimum Gasteiger partial charge on any atom is -0.454 e. The number of carbonyl (C=O) groups is 2. The third-order valence-electron chi connectivity index (χ3n) is 12.6. The molecule has 6 fully saturated rings. The van der Waals surface area contributed by atoms with Crippen LogP contribution in [-0.2, 0) is 23.7 Å². The summed E-state index contributed by atoms with van der Waals surface area (Å²) in [6, 6.07) is 6.89. The Kier molecular flexibility index (Phi) is 6.46. The molecule has 230 valence electrons. The molecular formula is C32H44N2O8. The molecule has 1 aromatic carbocycles. The lowest BCUT2D eigenvalue weighted by atomic mass is 9.44. The summed E-state index contributed by atoms with van der Waals surface area (Å²) in [6.07, 6.45) is 1.91. The Bertz CT molecular complexity index is 1290. The number of likely N-dealkylation sites (N-methyl/N-ethyl adjacent to an activating group) is 1. The lowest BCUT2D eigenvalue weighted by Crippen LogP contribution is -2.83. The van der Waals surface area contributed by atoms with Crippen LogP contribution in [0.25, 0.3) is 0 Å². The molecule has 1 spiro atoms. The van der Waals surface area contributed by atoms with Gasteiger partial charge in [0.05, 0.1) is 29.6 Å². The fraction of sp³-hybridized carbons (Fsp3) is 0.750. The zero-order valence-electron chi connectivity index (χ0n) is 25.2. The van der Waals surface area contributed by atoms with Gasteiger partial charge in [-0.05, 0) is 44.4 Å². The number of para-hydroxylation sites is 1. The Labute approximate surface area is 247 Å². The molecule has 5 saturated carbocycles. The van der Waals surface area contributed by atoms with E-state index in [1.54, 1.807) is 45.6 Å². The summed E-state index contributed by atoms with van der Waals surface area (Å²) in [5, 5.41) is 28.4. The Morgan fingerprint density at radius 2 is 1.83 bits per heavy atom. The van der Waals surface area contributed by atoms with Crippen LogP contribution in [-0.4, -0.2) is 103 Å². The summed E-state index contributed by atoms with van der Waals surface area (Å²) < 4.78 is 25.1. The van der Waals surface area contributed by atoms with E-state index >= 15 is 0 Å². The van der Waals surface area contributed by atoms with Gasteiger partial charge in [-0.2, -0.15) is 0 Å². The molecule has 0 aromatic heterocycles. The van der Waals surface area contributed by atoms with Crippen molar-refractivity contribution in [2.24, 2.45) is 29.1 Å². The molecule has 1 unspecified atom stereocenters. The van der Waals surface area contributed by atoms with Crippen molar-refractivity contribution in [3.63, 3.8) is 0 Å². The van der Waals surface area contributed by atoms with Gasteiger partial charge >= 0.3 is 5.97 Å². The van der Waals surface area contributed by atoms with Crippen molar-refractivity contribution in [3.8, 4) is 0 Å². The molecule has 42 heavy (non-hydrogen) atoms. The molecule has 1 heterocycles. The SMILES string of the molecule is CCN1C[C@]2(OC(=O)c3ccccc3NC(C)=O)CC[C@H](OC)[C@]34C1[C@@H](C[C@H]23)[C@@]1(O)C[C@H](OC)[C@H]2C[C@@H]4[C@]1(O)[C@H]2OC. The number of nitrogens with zero attached hydrogens (tertiary/aromatic N) is 1. The molecule has 6 aliphatic rings. The first-order chi connectivity index (χ1) is 20.1. The van der Waals surface area contributed by atoms with Crippen LogP contribution >= 0.6 is 0 Å². The zero-order chi connectivity index (χ0) is 29.8. The van der Waals surface area contributed by atoms with Crippen molar-refractivity contribution in [2.45, 2.75) is 87.1 Å². The summed E-state index contributed by atoms with van der Waals surface area (Å²) in [6.45, 7) is 4.79. The molecular weight excluding hydrogens is 540 g/mol. The van der Waals surface area contributed by atoms with E-state index in [2.05, 4.69) is 17.1 Å². The van der Waals surface area contributed by atoms with Crippen LogP contribution in [0.3, 0.4) is 0 Å². The number of fused-ring (bicyclic) bond motifs is 2. The fourth-order valence-corrected chi connectivity index (χ4v) is 11.6. The highest BCUT2D eigenvalue weighted by atomic mass is 16.6. The average molecular weight is 585 g/mol. The standard InChI is InChI=1S/C32H44N2O8/c1-6-34-16-29(42-28(36)18-9-7-8-10-21(18)33-17(2)35)12-11-25(40-4)31-23(29)14-20(26(31)34)30(37)15-22(39-3)19-13-24(31)32(30,38)27(19)41-5/h7-10,19-20,22-27,37-38H,6,11-16H2,1-5H3,(H,33,35)/t19-,20-,22+,23-,24+,25+,26?,27+,29-,30+,31+,32+/m1/s1. The Morgan fingerprint density at radius 1 is 1.07 bits per heavy atom. The number of benzene rings is 1. The van der Waals surface area contributed by atoms with Gasteiger partial charge in [-0.15, -0.1) is 0 Å². The number of hydrogen-bond acceptors (Lipinski definition) is 9. The second kappa shape index (κ2) is 9.46. The quantitative estimate of drug-likeness (QED) is 0.414. The van der Waals surface area contributed by atoms with Crippen LogP contribution in [0.15, 0.2) is 24.3 Å². The number of hydrogen-bond donors (Lipinski definition) is 3. The van der Waals surface area contributed by atoms with Gasteiger partial charge in [-0.1, -0.05) is 19.1 Å². The second-order valence-electron chi connectivity index (χ2n) is 13.7. The number of methoxy groups -OCH3 is 3. The van der Waals surface area contributed by atoms with E-state index in [1.165, 1.54) is 6.92 Å². The molecule has 10 heteroatoms. The van der Waals surface area contributed by atoms with Crippen LogP contribution in [0.4, 0.5) is 5.69 Å². The van der Waals surface area contributed by atoms with E-state index in [0.717, 1.165) is 0 Å². The van der Waals surface area contributed by atoms with E-state index < -0.39 is 34.3 Å². The molecule has 5 aliphatic carbocycles. The van der Waals surface area contributed by atoms with Crippen molar-refractivity contribution in [1.82, 2.24) is 4.90 Å². The van der Waals surface area contributed by atoms with Crippen molar-refractivity contribution in [3.05, 3.63) is 29.8 Å². The Hall–Kier alpha value is -2.08. The van der Waals surface area contributed by atoms with Crippen molar-refractivity contribution >= 4 is 17.6 Å². The van der Waals surface area contributed by atoms with Gasteiger partial charge in [0.1, 0.15) is 16.8 Å². The highest BCUT2D eigenvalue weighted by molar-refractivity contribution is 6.00. The number of piperidine rings is 1. The molecule has 1 aromatic rings. The topological polar surface area (TPSA) is 127 Å². The monoisotopic (exact) mass is 584 g/mol. The van der Waals surface area contributed by atoms with Crippen LogP contribution in [0.2, 0.25) is 0 Å². The van der Waals surface area contributed by atoms with E-state index in [4.69, 9.17) is 18.9 Å². The van der Waals surface area contributed by atoms with Crippen molar-refractivity contribution < 1.29 is 38.7 Å². The van der Waals surface area contributed by atoms with E-state index in [0.29, 0.717) is 56.4 Å². The highest BCUT2D eigenvalue weighted by Crippen LogP contribution is 2.79. The first-order valence-corrected chi connectivity index (χ1v) is 15.4. The summed E-state index contributed by atoms with van der Waals surface area (Å²) in [5.41, 5.74) is -3.57. The van der Waals surface area contributed by atoms with Crippen molar-refractivity contribution in [2.75, 3.05) is 39.7 Å². The first kappa shape index (κ1) is 28.7. The maximum atomic E-state index is 14.0. The number of likely N-dealkylation sites (tertiary alicyclic amines) is 1. The second-order valence-corrected chi connectivity index (χ2v) is 13.7. The molecule has 12 atom stereocenters. The van der Waals surface area contributed by atoms with E-state index in [9.17, 15) is 19.8 Å². The average Bonchev–Trinajstić information content (AvgIpc) is 3.39. The van der Waals surface area contributed by atoms with Gasteiger partial charge in [0.15, 0.2) is 0 Å². The minimum absolute atomic E-state index is 0.0432. The van der Waals surface area contributed by atoms with Crippen LogP contribution in [0.1, 0.15) is 56.3 Å². The smallest absolute Gasteiger partial charge is 0.340 e. The van der Waals surface area contributed by atoms with Gasteiger partial charge < -0.3 is 34.5 Å². The Balaban J connectivity index is 1.38. The normalized spacial score (nSPS) is 48.2. The lowest BCUT2D eigenvalue weighted by molar-refractivity contribution is -0.337. The predicted octanol–water partition coefficient (Wildman–Crippen LogP) is 2.22. The largest absolute Gasteiger partial charge is 0.454 e. The number of rotatable bonds is 7. The summed E-state index contributed by atoms with van der Waals surface area (Å²) in [7, 11) is 5.05. The minimum atomic E-state index is -1.48. The number of ether oxygens (including phenoxy) is 4. The first-order valence-electron chi connectivity index (χ1n) is 15.4. The highest BCUT2D eigenvalue weighted by Gasteiger charge is 2.89. The van der Waals surface area contributed by atoms with Crippen LogP contribution in [0, 0.1) is 29.1 Å². The van der Waals surface area contributed by atoms with Crippen molar-refractivity contribution in [1.29, 1.82) is 0 Å². The molecule has 3 N–H and O–H groups in total.